The number of nitrogens with zero attached hydrogens (tertiary/aromatic N) is 2. The molecule has 1 aromatic rings. The zero-order valence-electron chi connectivity index (χ0n) is 7.42. The second kappa shape index (κ2) is 4.43. The summed E-state index contributed by atoms with van der Waals surface area (Å²) < 4.78 is 0. The Labute approximate surface area is 78.2 Å². The maximum atomic E-state index is 5.66. The summed E-state index contributed by atoms with van der Waals surface area (Å²) in [5, 5.41) is 0. The molecule has 0 amide bonds. The minimum Gasteiger partial charge on any atom is -0.305 e. The van der Waals surface area contributed by atoms with Gasteiger partial charge in [0.1, 0.15) is 0 Å². The number of rotatable bonds is 3. The number of aromatic nitrogens is 1. The van der Waals surface area contributed by atoms with Gasteiger partial charge in [0, 0.05) is 12.7 Å². The largest absolute Gasteiger partial charge is 0.305 e. The summed E-state index contributed by atoms with van der Waals surface area (Å²) in [6.07, 6.45) is 1.80. The van der Waals surface area contributed by atoms with Crippen molar-refractivity contribution in [3.8, 4) is 0 Å². The first-order valence-electron chi connectivity index (χ1n) is 3.87. The summed E-state index contributed by atoms with van der Waals surface area (Å²) in [5.74, 6) is 0.487. The lowest BCUT2D eigenvalue weighted by molar-refractivity contribution is 0.402. The van der Waals surface area contributed by atoms with E-state index in [4.69, 9.17) is 11.6 Å². The van der Waals surface area contributed by atoms with Gasteiger partial charge in [-0.15, -0.1) is 11.6 Å². The van der Waals surface area contributed by atoms with Gasteiger partial charge in [0.05, 0.1) is 11.6 Å². The monoisotopic (exact) mass is 184 g/mol. The molecule has 2 nitrogen and oxygen atoms in total. The van der Waals surface area contributed by atoms with Gasteiger partial charge in [0.15, 0.2) is 0 Å². The maximum Gasteiger partial charge on any atom is 0.0647 e. The lowest BCUT2D eigenvalue weighted by Gasteiger charge is -2.09. The van der Waals surface area contributed by atoms with Crippen LogP contribution in [0.1, 0.15) is 11.3 Å². The van der Waals surface area contributed by atoms with Crippen molar-refractivity contribution in [2.75, 3.05) is 14.1 Å². The SMILES string of the molecule is CN(C)Cc1ccnc(CCl)c1. The van der Waals surface area contributed by atoms with Gasteiger partial charge in [-0.05, 0) is 31.8 Å². The second-order valence-corrected chi connectivity index (χ2v) is 3.29. The Morgan fingerprint density at radius 1 is 1.50 bits per heavy atom. The van der Waals surface area contributed by atoms with E-state index < -0.39 is 0 Å². The van der Waals surface area contributed by atoms with Gasteiger partial charge in [-0.25, -0.2) is 0 Å². The van der Waals surface area contributed by atoms with Crippen molar-refractivity contribution < 1.29 is 0 Å². The summed E-state index contributed by atoms with van der Waals surface area (Å²) in [7, 11) is 4.08. The third-order valence-corrected chi connectivity index (χ3v) is 1.79. The number of alkyl halides is 1. The van der Waals surface area contributed by atoms with Crippen LogP contribution < -0.4 is 0 Å². The maximum absolute atomic E-state index is 5.66. The van der Waals surface area contributed by atoms with E-state index in [0.717, 1.165) is 12.2 Å². The molecule has 0 aromatic carbocycles. The highest BCUT2D eigenvalue weighted by Gasteiger charge is 1.96. The van der Waals surface area contributed by atoms with Crippen LogP contribution in [-0.2, 0) is 12.4 Å². The fourth-order valence-corrected chi connectivity index (χ4v) is 1.21. The van der Waals surface area contributed by atoms with E-state index in [9.17, 15) is 0 Å². The second-order valence-electron chi connectivity index (χ2n) is 3.03. The molecular weight excluding hydrogens is 172 g/mol. The van der Waals surface area contributed by atoms with Crippen LogP contribution >= 0.6 is 11.6 Å². The van der Waals surface area contributed by atoms with E-state index >= 15 is 0 Å². The first-order valence-corrected chi connectivity index (χ1v) is 4.40. The molecule has 0 atom stereocenters. The van der Waals surface area contributed by atoms with Crippen molar-refractivity contribution in [3.63, 3.8) is 0 Å². The van der Waals surface area contributed by atoms with Gasteiger partial charge >= 0.3 is 0 Å². The molecule has 3 heteroatoms. The third-order valence-electron chi connectivity index (χ3n) is 1.52. The Balaban J connectivity index is 2.72. The van der Waals surface area contributed by atoms with Crippen molar-refractivity contribution in [2.24, 2.45) is 0 Å². The normalized spacial score (nSPS) is 10.7. The minimum absolute atomic E-state index is 0.487. The molecule has 0 N–H and O–H groups in total. The molecule has 0 spiro atoms. The molecule has 0 aliphatic heterocycles. The summed E-state index contributed by atoms with van der Waals surface area (Å²) in [4.78, 5) is 6.23. The van der Waals surface area contributed by atoms with Gasteiger partial charge in [-0.3, -0.25) is 4.98 Å². The van der Waals surface area contributed by atoms with E-state index in [2.05, 4.69) is 9.88 Å². The van der Waals surface area contributed by atoms with E-state index in [1.807, 2.05) is 26.2 Å². The highest BCUT2D eigenvalue weighted by molar-refractivity contribution is 6.16. The van der Waals surface area contributed by atoms with E-state index in [0.29, 0.717) is 5.88 Å². The minimum atomic E-state index is 0.487. The Morgan fingerprint density at radius 3 is 2.83 bits per heavy atom. The average Bonchev–Trinajstić information content (AvgIpc) is 2.03. The van der Waals surface area contributed by atoms with E-state index in [1.54, 1.807) is 6.20 Å². The summed E-state index contributed by atoms with van der Waals surface area (Å²) in [6.45, 7) is 0.937. The molecule has 0 radical (unpaired) electrons. The Kier molecular flexibility index (Phi) is 3.50. The lowest BCUT2D eigenvalue weighted by atomic mass is 10.2. The van der Waals surface area contributed by atoms with Gasteiger partial charge in [0.25, 0.3) is 0 Å². The van der Waals surface area contributed by atoms with Crippen LogP contribution in [0.25, 0.3) is 0 Å². The molecule has 12 heavy (non-hydrogen) atoms. The molecule has 0 unspecified atom stereocenters. The fraction of sp³-hybridized carbons (Fsp3) is 0.444. The molecule has 0 bridgehead atoms. The van der Waals surface area contributed by atoms with Crippen LogP contribution in [0, 0.1) is 0 Å². The standard InChI is InChI=1S/C9H13ClN2/c1-12(2)7-8-3-4-11-9(5-8)6-10/h3-5H,6-7H2,1-2H3. The van der Waals surface area contributed by atoms with Crippen molar-refractivity contribution in [1.82, 2.24) is 9.88 Å². The van der Waals surface area contributed by atoms with Crippen LogP contribution in [0.4, 0.5) is 0 Å². The summed E-state index contributed by atoms with van der Waals surface area (Å²) in [6, 6.07) is 4.04. The zero-order chi connectivity index (χ0) is 8.97. The average molecular weight is 185 g/mol. The molecule has 0 fully saturated rings. The Morgan fingerprint density at radius 2 is 2.25 bits per heavy atom. The van der Waals surface area contributed by atoms with Gasteiger partial charge < -0.3 is 4.90 Å². The van der Waals surface area contributed by atoms with Gasteiger partial charge in [0.2, 0.25) is 0 Å². The number of hydrogen-bond acceptors (Lipinski definition) is 2. The molecule has 0 aliphatic rings. The van der Waals surface area contributed by atoms with Gasteiger partial charge in [-0.2, -0.15) is 0 Å². The predicted octanol–water partition coefficient (Wildman–Crippen LogP) is 1.88. The topological polar surface area (TPSA) is 16.1 Å². The number of pyridine rings is 1. The van der Waals surface area contributed by atoms with Crippen LogP contribution in [-0.4, -0.2) is 24.0 Å². The molecule has 0 saturated heterocycles. The van der Waals surface area contributed by atoms with Crippen LogP contribution in [0.2, 0.25) is 0 Å². The quantitative estimate of drug-likeness (QED) is 0.667. The van der Waals surface area contributed by atoms with Crippen LogP contribution in [0.3, 0.4) is 0 Å². The number of hydrogen-bond donors (Lipinski definition) is 0. The Bertz CT molecular complexity index is 248. The smallest absolute Gasteiger partial charge is 0.0647 e. The molecule has 0 saturated carbocycles. The Hall–Kier alpha value is -0.600. The highest BCUT2D eigenvalue weighted by atomic mass is 35.5. The fourth-order valence-electron chi connectivity index (χ4n) is 1.06. The van der Waals surface area contributed by atoms with Crippen molar-refractivity contribution >= 4 is 11.6 Å². The van der Waals surface area contributed by atoms with Crippen molar-refractivity contribution in [2.45, 2.75) is 12.4 Å². The first kappa shape index (κ1) is 9.49. The predicted molar refractivity (Wildman–Crippen MR) is 51.2 cm³/mol. The summed E-state index contributed by atoms with van der Waals surface area (Å²) in [5.41, 5.74) is 2.20. The lowest BCUT2D eigenvalue weighted by Crippen LogP contribution is -2.10. The van der Waals surface area contributed by atoms with Crippen molar-refractivity contribution in [3.05, 3.63) is 29.6 Å². The molecule has 1 aromatic heterocycles. The molecule has 0 aliphatic carbocycles. The van der Waals surface area contributed by atoms with Crippen LogP contribution in [0.15, 0.2) is 18.3 Å². The molecule has 1 rings (SSSR count). The van der Waals surface area contributed by atoms with Gasteiger partial charge in [-0.1, -0.05) is 0 Å². The van der Waals surface area contributed by atoms with E-state index in [1.165, 1.54) is 5.56 Å². The summed E-state index contributed by atoms with van der Waals surface area (Å²) >= 11 is 5.66. The highest BCUT2D eigenvalue weighted by Crippen LogP contribution is 2.05. The van der Waals surface area contributed by atoms with Crippen LogP contribution in [0.5, 0.6) is 0 Å². The zero-order valence-corrected chi connectivity index (χ0v) is 8.17. The number of halogens is 1. The molecule has 66 valence electrons. The first-order chi connectivity index (χ1) is 5.72. The third kappa shape index (κ3) is 2.80. The molecule has 1 heterocycles. The molecular formula is C9H13ClN2. The van der Waals surface area contributed by atoms with Crippen molar-refractivity contribution in [1.29, 1.82) is 0 Å². The van der Waals surface area contributed by atoms with E-state index in [-0.39, 0.29) is 0 Å².